The largest absolute Gasteiger partial charge is 0.339 e. The molecule has 0 N–H and O–H groups in total. The van der Waals surface area contributed by atoms with Gasteiger partial charge in [0.2, 0.25) is 0 Å². The van der Waals surface area contributed by atoms with Gasteiger partial charge in [-0.2, -0.15) is 5.26 Å². The monoisotopic (exact) mass is 296 g/mol. The van der Waals surface area contributed by atoms with Crippen molar-refractivity contribution < 1.29 is 4.79 Å². The van der Waals surface area contributed by atoms with E-state index in [2.05, 4.69) is 6.07 Å². The molecule has 0 saturated carbocycles. The Kier molecular flexibility index (Phi) is 4.03. The molecule has 106 valence electrons. The van der Waals surface area contributed by atoms with Gasteiger partial charge in [0, 0.05) is 23.3 Å². The summed E-state index contributed by atoms with van der Waals surface area (Å²) in [6.07, 6.45) is 3.43. The van der Waals surface area contributed by atoms with E-state index in [1.165, 1.54) is 6.42 Å². The van der Waals surface area contributed by atoms with Gasteiger partial charge in [-0.3, -0.25) is 4.79 Å². The Bertz CT molecular complexity index is 693. The van der Waals surface area contributed by atoms with E-state index in [1.807, 2.05) is 34.5 Å². The zero-order chi connectivity index (χ0) is 14.7. The Morgan fingerprint density at radius 3 is 2.76 bits per heavy atom. The molecule has 1 aliphatic heterocycles. The van der Waals surface area contributed by atoms with Crippen molar-refractivity contribution in [2.45, 2.75) is 19.3 Å². The molecular formula is C17H16N2OS. The number of thiophene rings is 1. The Balaban J connectivity index is 1.82. The van der Waals surface area contributed by atoms with Gasteiger partial charge < -0.3 is 4.90 Å². The van der Waals surface area contributed by atoms with Crippen LogP contribution in [0, 0.1) is 11.3 Å². The third-order valence-electron chi connectivity index (χ3n) is 3.77. The van der Waals surface area contributed by atoms with Crippen LogP contribution in [-0.4, -0.2) is 23.9 Å². The van der Waals surface area contributed by atoms with Gasteiger partial charge in [0.05, 0.1) is 17.2 Å². The van der Waals surface area contributed by atoms with E-state index in [1.54, 1.807) is 17.4 Å². The van der Waals surface area contributed by atoms with Gasteiger partial charge in [0.15, 0.2) is 0 Å². The molecule has 0 aliphatic carbocycles. The summed E-state index contributed by atoms with van der Waals surface area (Å²) < 4.78 is 0. The maximum atomic E-state index is 12.4. The molecule has 0 atom stereocenters. The molecule has 1 saturated heterocycles. The van der Waals surface area contributed by atoms with Crippen molar-refractivity contribution in [3.05, 3.63) is 46.8 Å². The summed E-state index contributed by atoms with van der Waals surface area (Å²) in [5.41, 5.74) is 2.40. The first-order valence-electron chi connectivity index (χ1n) is 7.16. The van der Waals surface area contributed by atoms with Crippen molar-refractivity contribution in [1.29, 1.82) is 5.26 Å². The zero-order valence-electron chi connectivity index (χ0n) is 11.7. The SMILES string of the molecule is N#Cc1cccc(-c2cc(C(=O)N3CCCCC3)cs2)c1. The number of carbonyl (C=O) groups is 1. The summed E-state index contributed by atoms with van der Waals surface area (Å²) in [5, 5.41) is 10.9. The fourth-order valence-corrected chi connectivity index (χ4v) is 3.50. The van der Waals surface area contributed by atoms with E-state index in [4.69, 9.17) is 5.26 Å². The molecule has 0 radical (unpaired) electrons. The van der Waals surface area contributed by atoms with E-state index in [0.29, 0.717) is 5.56 Å². The van der Waals surface area contributed by atoms with Crippen LogP contribution in [0.3, 0.4) is 0 Å². The van der Waals surface area contributed by atoms with Crippen LogP contribution in [0.4, 0.5) is 0 Å². The normalized spacial score (nSPS) is 14.7. The van der Waals surface area contributed by atoms with Crippen LogP contribution in [0.5, 0.6) is 0 Å². The maximum absolute atomic E-state index is 12.4. The lowest BCUT2D eigenvalue weighted by Crippen LogP contribution is -2.35. The molecule has 1 amide bonds. The Morgan fingerprint density at radius 2 is 2.00 bits per heavy atom. The number of benzene rings is 1. The van der Waals surface area contributed by atoms with Crippen LogP contribution >= 0.6 is 11.3 Å². The van der Waals surface area contributed by atoms with Crippen molar-refractivity contribution in [3.63, 3.8) is 0 Å². The lowest BCUT2D eigenvalue weighted by Gasteiger charge is -2.26. The second-order valence-corrected chi connectivity index (χ2v) is 6.16. The van der Waals surface area contributed by atoms with E-state index in [0.717, 1.165) is 41.9 Å². The van der Waals surface area contributed by atoms with Crippen LogP contribution < -0.4 is 0 Å². The molecule has 1 fully saturated rings. The molecule has 2 heterocycles. The average molecular weight is 296 g/mol. The minimum Gasteiger partial charge on any atom is -0.339 e. The molecule has 1 aliphatic rings. The molecule has 0 unspecified atom stereocenters. The van der Waals surface area contributed by atoms with Gasteiger partial charge in [-0.25, -0.2) is 0 Å². The molecule has 3 rings (SSSR count). The van der Waals surface area contributed by atoms with Crippen molar-refractivity contribution in [2.24, 2.45) is 0 Å². The summed E-state index contributed by atoms with van der Waals surface area (Å²) in [5.74, 6) is 0.133. The summed E-state index contributed by atoms with van der Waals surface area (Å²) in [7, 11) is 0. The quantitative estimate of drug-likeness (QED) is 0.843. The number of carbonyl (C=O) groups excluding carboxylic acids is 1. The van der Waals surface area contributed by atoms with Crippen molar-refractivity contribution >= 4 is 17.2 Å². The van der Waals surface area contributed by atoms with E-state index < -0.39 is 0 Å². The van der Waals surface area contributed by atoms with Crippen molar-refractivity contribution in [1.82, 2.24) is 4.90 Å². The minimum absolute atomic E-state index is 0.133. The molecule has 3 nitrogen and oxygen atoms in total. The van der Waals surface area contributed by atoms with Crippen molar-refractivity contribution in [2.75, 3.05) is 13.1 Å². The Hall–Kier alpha value is -2.12. The Labute approximate surface area is 128 Å². The number of hydrogen-bond donors (Lipinski definition) is 0. The first-order chi connectivity index (χ1) is 10.3. The third-order valence-corrected chi connectivity index (χ3v) is 4.75. The topological polar surface area (TPSA) is 44.1 Å². The number of likely N-dealkylation sites (tertiary alicyclic amines) is 1. The minimum atomic E-state index is 0.133. The van der Waals surface area contributed by atoms with Crippen LogP contribution in [-0.2, 0) is 0 Å². The molecule has 4 heteroatoms. The first kappa shape index (κ1) is 13.8. The summed E-state index contributed by atoms with van der Waals surface area (Å²) in [6.45, 7) is 1.74. The van der Waals surface area contributed by atoms with Gasteiger partial charge in [0.25, 0.3) is 5.91 Å². The van der Waals surface area contributed by atoms with Gasteiger partial charge in [-0.05, 0) is 43.0 Å². The number of piperidine rings is 1. The molecular weight excluding hydrogens is 280 g/mol. The van der Waals surface area contributed by atoms with Crippen LogP contribution in [0.2, 0.25) is 0 Å². The van der Waals surface area contributed by atoms with Crippen LogP contribution in [0.25, 0.3) is 10.4 Å². The van der Waals surface area contributed by atoms with Crippen LogP contribution in [0.15, 0.2) is 35.7 Å². The predicted molar refractivity (Wildman–Crippen MR) is 84.2 cm³/mol. The van der Waals surface area contributed by atoms with Gasteiger partial charge in [-0.15, -0.1) is 11.3 Å². The fraction of sp³-hybridized carbons (Fsp3) is 0.294. The standard InChI is InChI=1S/C17H16N2OS/c18-11-13-5-4-6-14(9-13)16-10-15(12-21-16)17(20)19-7-2-1-3-8-19/h4-6,9-10,12H,1-3,7-8H2. The van der Waals surface area contributed by atoms with Crippen LogP contribution in [0.1, 0.15) is 35.2 Å². The van der Waals surface area contributed by atoms with E-state index >= 15 is 0 Å². The highest BCUT2D eigenvalue weighted by Gasteiger charge is 2.19. The molecule has 2 aromatic rings. The number of nitrogens with zero attached hydrogens (tertiary/aromatic N) is 2. The highest BCUT2D eigenvalue weighted by molar-refractivity contribution is 7.13. The smallest absolute Gasteiger partial charge is 0.254 e. The summed E-state index contributed by atoms with van der Waals surface area (Å²) in [4.78, 5) is 15.4. The highest BCUT2D eigenvalue weighted by Crippen LogP contribution is 2.28. The lowest BCUT2D eigenvalue weighted by molar-refractivity contribution is 0.0725. The molecule has 0 bridgehead atoms. The number of nitriles is 1. The summed E-state index contributed by atoms with van der Waals surface area (Å²) >= 11 is 1.56. The zero-order valence-corrected chi connectivity index (χ0v) is 12.5. The number of rotatable bonds is 2. The van der Waals surface area contributed by atoms with E-state index in [-0.39, 0.29) is 5.91 Å². The highest BCUT2D eigenvalue weighted by atomic mass is 32.1. The van der Waals surface area contributed by atoms with E-state index in [9.17, 15) is 4.79 Å². The fourth-order valence-electron chi connectivity index (χ4n) is 2.62. The second-order valence-electron chi connectivity index (χ2n) is 5.25. The second kappa shape index (κ2) is 6.11. The molecule has 0 spiro atoms. The van der Waals surface area contributed by atoms with Gasteiger partial charge >= 0.3 is 0 Å². The van der Waals surface area contributed by atoms with Gasteiger partial charge in [-0.1, -0.05) is 12.1 Å². The van der Waals surface area contributed by atoms with Crippen molar-refractivity contribution in [3.8, 4) is 16.5 Å². The third kappa shape index (κ3) is 2.98. The molecule has 1 aromatic carbocycles. The maximum Gasteiger partial charge on any atom is 0.254 e. The number of hydrogen-bond acceptors (Lipinski definition) is 3. The van der Waals surface area contributed by atoms with Gasteiger partial charge in [0.1, 0.15) is 0 Å². The lowest BCUT2D eigenvalue weighted by atomic mass is 10.1. The Morgan fingerprint density at radius 1 is 1.19 bits per heavy atom. The molecule has 1 aromatic heterocycles. The molecule has 21 heavy (non-hydrogen) atoms. The average Bonchev–Trinajstić information content (AvgIpc) is 3.05. The predicted octanol–water partition coefficient (Wildman–Crippen LogP) is 3.91. The first-order valence-corrected chi connectivity index (χ1v) is 8.04. The summed E-state index contributed by atoms with van der Waals surface area (Å²) in [6, 6.07) is 11.6. The number of amides is 1.